The van der Waals surface area contributed by atoms with Crippen LogP contribution in [-0.2, 0) is 16.1 Å². The Morgan fingerprint density at radius 2 is 1.59 bits per heavy atom. The van der Waals surface area contributed by atoms with Crippen LogP contribution in [0.15, 0.2) is 97.1 Å². The molecule has 4 aromatic carbocycles. The van der Waals surface area contributed by atoms with Gasteiger partial charge < -0.3 is 15.4 Å². The van der Waals surface area contributed by atoms with E-state index >= 15 is 0 Å². The molecule has 0 saturated heterocycles. The smallest absolute Gasteiger partial charge is 0.339 e. The van der Waals surface area contributed by atoms with Crippen LogP contribution >= 0.6 is 0 Å². The van der Waals surface area contributed by atoms with Crippen LogP contribution in [0.5, 0.6) is 0 Å². The maximum Gasteiger partial charge on any atom is 0.339 e. The average molecular weight is 451 g/mol. The number of amides is 1. The standard InChI is InChI=1S/C29H26N2O3/c1-20(23-13-12-22-10-6-7-11-24(22)17-23)16-28(32)31-27-18-25(14-15-26(27)29(33)34-2)30-19-21-8-4-3-5-9-21/h3-18,30H,19H2,1-2H3,(H,31,32). The van der Waals surface area contributed by atoms with Gasteiger partial charge in [0, 0.05) is 18.3 Å². The maximum absolute atomic E-state index is 12.9. The second kappa shape index (κ2) is 10.5. The highest BCUT2D eigenvalue weighted by Crippen LogP contribution is 2.24. The first-order valence-electron chi connectivity index (χ1n) is 11.0. The molecular weight excluding hydrogens is 424 g/mol. The van der Waals surface area contributed by atoms with E-state index in [1.807, 2.05) is 67.6 Å². The van der Waals surface area contributed by atoms with Crippen molar-refractivity contribution in [3.8, 4) is 0 Å². The summed E-state index contributed by atoms with van der Waals surface area (Å²) in [5.41, 5.74) is 4.36. The van der Waals surface area contributed by atoms with Crippen LogP contribution in [0.25, 0.3) is 16.3 Å². The molecule has 170 valence electrons. The highest BCUT2D eigenvalue weighted by atomic mass is 16.5. The first-order valence-corrected chi connectivity index (χ1v) is 11.0. The van der Waals surface area contributed by atoms with E-state index in [4.69, 9.17) is 4.74 Å². The van der Waals surface area contributed by atoms with Crippen LogP contribution < -0.4 is 10.6 Å². The van der Waals surface area contributed by atoms with Crippen molar-refractivity contribution in [3.05, 3.63) is 114 Å². The summed E-state index contributed by atoms with van der Waals surface area (Å²) < 4.78 is 4.89. The van der Waals surface area contributed by atoms with Gasteiger partial charge in [-0.1, -0.05) is 66.7 Å². The number of nitrogens with one attached hydrogen (secondary N) is 2. The van der Waals surface area contributed by atoms with Crippen LogP contribution in [-0.4, -0.2) is 19.0 Å². The van der Waals surface area contributed by atoms with Crippen molar-refractivity contribution in [1.82, 2.24) is 0 Å². The lowest BCUT2D eigenvalue weighted by atomic mass is 10.0. The van der Waals surface area contributed by atoms with E-state index in [1.165, 1.54) is 13.2 Å². The first kappa shape index (κ1) is 22.8. The number of hydrogen-bond donors (Lipinski definition) is 2. The number of carbonyl (C=O) groups excluding carboxylic acids is 2. The summed E-state index contributed by atoms with van der Waals surface area (Å²) in [7, 11) is 1.32. The molecule has 0 radical (unpaired) electrons. The summed E-state index contributed by atoms with van der Waals surface area (Å²) in [5.74, 6) is -0.837. The van der Waals surface area contributed by atoms with E-state index in [9.17, 15) is 9.59 Å². The molecular formula is C29H26N2O3. The Bertz CT molecular complexity index is 1360. The van der Waals surface area contributed by atoms with Crippen molar-refractivity contribution < 1.29 is 14.3 Å². The highest BCUT2D eigenvalue weighted by molar-refractivity contribution is 6.08. The van der Waals surface area contributed by atoms with Gasteiger partial charge in [-0.3, -0.25) is 4.79 Å². The predicted molar refractivity (Wildman–Crippen MR) is 138 cm³/mol. The molecule has 0 saturated carbocycles. The second-order valence-corrected chi connectivity index (χ2v) is 7.97. The van der Waals surface area contributed by atoms with Gasteiger partial charge in [0.2, 0.25) is 5.91 Å². The third-order valence-electron chi connectivity index (χ3n) is 5.57. The average Bonchev–Trinajstić information content (AvgIpc) is 2.87. The van der Waals surface area contributed by atoms with Gasteiger partial charge in [0.15, 0.2) is 0 Å². The Balaban J connectivity index is 1.54. The Morgan fingerprint density at radius 3 is 2.35 bits per heavy atom. The number of allylic oxidation sites excluding steroid dienone is 1. The maximum atomic E-state index is 12.9. The lowest BCUT2D eigenvalue weighted by Gasteiger charge is -2.13. The fraction of sp³-hybridized carbons (Fsp3) is 0.103. The number of methoxy groups -OCH3 is 1. The number of fused-ring (bicyclic) bond motifs is 1. The lowest BCUT2D eigenvalue weighted by molar-refractivity contribution is -0.111. The number of anilines is 2. The minimum Gasteiger partial charge on any atom is -0.465 e. The Morgan fingerprint density at radius 1 is 0.853 bits per heavy atom. The molecule has 34 heavy (non-hydrogen) atoms. The van der Waals surface area contributed by atoms with Crippen molar-refractivity contribution in [2.75, 3.05) is 17.7 Å². The van der Waals surface area contributed by atoms with Crippen LogP contribution in [0.4, 0.5) is 11.4 Å². The summed E-state index contributed by atoms with van der Waals surface area (Å²) in [6.07, 6.45) is 1.54. The summed E-state index contributed by atoms with van der Waals surface area (Å²) in [6.45, 7) is 2.51. The third-order valence-corrected chi connectivity index (χ3v) is 5.57. The van der Waals surface area contributed by atoms with Crippen molar-refractivity contribution in [1.29, 1.82) is 0 Å². The monoisotopic (exact) mass is 450 g/mol. The molecule has 4 aromatic rings. The highest BCUT2D eigenvalue weighted by Gasteiger charge is 2.14. The van der Waals surface area contributed by atoms with Crippen LogP contribution in [0.2, 0.25) is 0 Å². The van der Waals surface area contributed by atoms with Crippen molar-refractivity contribution in [2.24, 2.45) is 0 Å². The van der Waals surface area contributed by atoms with E-state index in [2.05, 4.69) is 22.8 Å². The van der Waals surface area contributed by atoms with Gasteiger partial charge in [0.05, 0.1) is 18.4 Å². The lowest BCUT2D eigenvalue weighted by Crippen LogP contribution is -2.14. The van der Waals surface area contributed by atoms with Gasteiger partial charge in [-0.25, -0.2) is 4.79 Å². The molecule has 0 spiro atoms. The fourth-order valence-electron chi connectivity index (χ4n) is 3.73. The van der Waals surface area contributed by atoms with E-state index in [0.29, 0.717) is 12.2 Å². The zero-order chi connectivity index (χ0) is 23.9. The molecule has 5 nitrogen and oxygen atoms in total. The van der Waals surface area contributed by atoms with Gasteiger partial charge in [-0.2, -0.15) is 0 Å². The number of carbonyl (C=O) groups is 2. The molecule has 0 aliphatic carbocycles. The Hall–Kier alpha value is -4.38. The van der Waals surface area contributed by atoms with Gasteiger partial charge in [0.25, 0.3) is 0 Å². The minimum atomic E-state index is -0.514. The molecule has 0 bridgehead atoms. The third kappa shape index (κ3) is 5.51. The number of rotatable bonds is 7. The zero-order valence-corrected chi connectivity index (χ0v) is 19.2. The van der Waals surface area contributed by atoms with Gasteiger partial charge >= 0.3 is 5.97 Å². The predicted octanol–water partition coefficient (Wildman–Crippen LogP) is 6.28. The van der Waals surface area contributed by atoms with Crippen molar-refractivity contribution >= 4 is 39.6 Å². The van der Waals surface area contributed by atoms with E-state index in [1.54, 1.807) is 18.2 Å². The van der Waals surface area contributed by atoms with E-state index in [-0.39, 0.29) is 11.5 Å². The number of esters is 1. The molecule has 0 heterocycles. The normalized spacial score (nSPS) is 11.2. The largest absolute Gasteiger partial charge is 0.465 e. The Labute approximate surface area is 199 Å². The van der Waals surface area contributed by atoms with Gasteiger partial charge in [-0.05, 0) is 58.7 Å². The molecule has 5 heteroatoms. The molecule has 0 aliphatic heterocycles. The molecule has 0 fully saturated rings. The fourth-order valence-corrected chi connectivity index (χ4v) is 3.73. The van der Waals surface area contributed by atoms with Crippen molar-refractivity contribution in [2.45, 2.75) is 13.5 Å². The summed E-state index contributed by atoms with van der Waals surface area (Å²) in [6, 6.07) is 29.3. The van der Waals surface area contributed by atoms with Crippen LogP contribution in [0, 0.1) is 0 Å². The Kier molecular flexibility index (Phi) is 7.04. The van der Waals surface area contributed by atoms with E-state index < -0.39 is 5.97 Å². The minimum absolute atomic E-state index is 0.290. The molecule has 1 amide bonds. The molecule has 0 aliphatic rings. The summed E-state index contributed by atoms with van der Waals surface area (Å²) in [5, 5.41) is 8.42. The zero-order valence-electron chi connectivity index (χ0n) is 19.2. The van der Waals surface area contributed by atoms with Gasteiger partial charge in [-0.15, -0.1) is 0 Å². The first-order chi connectivity index (χ1) is 16.5. The summed E-state index contributed by atoms with van der Waals surface area (Å²) in [4.78, 5) is 25.1. The quantitative estimate of drug-likeness (QED) is 0.257. The molecule has 0 atom stereocenters. The van der Waals surface area contributed by atoms with Crippen molar-refractivity contribution in [3.63, 3.8) is 0 Å². The van der Waals surface area contributed by atoms with Gasteiger partial charge in [0.1, 0.15) is 0 Å². The van der Waals surface area contributed by atoms with E-state index in [0.717, 1.165) is 33.2 Å². The van der Waals surface area contributed by atoms with Crippen LogP contribution in [0.3, 0.4) is 0 Å². The summed E-state index contributed by atoms with van der Waals surface area (Å²) >= 11 is 0. The topological polar surface area (TPSA) is 67.4 Å². The number of benzene rings is 4. The molecule has 2 N–H and O–H groups in total. The number of hydrogen-bond acceptors (Lipinski definition) is 4. The van der Waals surface area contributed by atoms with Crippen LogP contribution in [0.1, 0.15) is 28.4 Å². The number of ether oxygens (including phenoxy) is 1. The molecule has 0 aromatic heterocycles. The second-order valence-electron chi connectivity index (χ2n) is 7.97. The molecule has 4 rings (SSSR count). The molecule has 0 unspecified atom stereocenters. The SMILES string of the molecule is COC(=O)c1ccc(NCc2ccccc2)cc1NC(=O)C=C(C)c1ccc2ccccc2c1.